The second-order valence-corrected chi connectivity index (χ2v) is 6.84. The normalized spacial score (nSPS) is 26.1. The van der Waals surface area contributed by atoms with Gasteiger partial charge in [-0.3, -0.25) is 4.99 Å². The SMILES string of the molecule is CCNC(=NCCN(C)Cc1ccccc1)NC1CC2CCC1O2. The average molecular weight is 330 g/mol. The highest BCUT2D eigenvalue weighted by molar-refractivity contribution is 5.80. The molecule has 2 N–H and O–H groups in total. The van der Waals surface area contributed by atoms with Crippen molar-refractivity contribution in [3.63, 3.8) is 0 Å². The lowest BCUT2D eigenvalue weighted by atomic mass is 9.96. The van der Waals surface area contributed by atoms with Crippen LogP contribution in [0.5, 0.6) is 0 Å². The molecule has 2 heterocycles. The Morgan fingerprint density at radius 1 is 1.29 bits per heavy atom. The van der Waals surface area contributed by atoms with Crippen molar-refractivity contribution in [3.05, 3.63) is 35.9 Å². The summed E-state index contributed by atoms with van der Waals surface area (Å²) in [4.78, 5) is 7.05. The standard InChI is InChI=1S/C19H30N4O/c1-3-20-19(22-17-13-16-9-10-18(17)24-16)21-11-12-23(2)14-15-7-5-4-6-8-15/h4-8,16-18H,3,9-14H2,1-2H3,(H2,20,21,22). The van der Waals surface area contributed by atoms with Crippen LogP contribution in [0.4, 0.5) is 0 Å². The third-order valence-electron chi connectivity index (χ3n) is 4.82. The van der Waals surface area contributed by atoms with Crippen LogP contribution in [-0.4, -0.2) is 55.8 Å². The van der Waals surface area contributed by atoms with E-state index in [0.29, 0.717) is 18.2 Å². The van der Waals surface area contributed by atoms with Crippen LogP contribution < -0.4 is 10.6 Å². The third-order valence-corrected chi connectivity index (χ3v) is 4.82. The minimum Gasteiger partial charge on any atom is -0.373 e. The zero-order valence-corrected chi connectivity index (χ0v) is 14.9. The van der Waals surface area contributed by atoms with E-state index in [9.17, 15) is 0 Å². The number of benzene rings is 1. The van der Waals surface area contributed by atoms with E-state index in [1.165, 1.54) is 18.4 Å². The Bertz CT molecular complexity index is 533. The van der Waals surface area contributed by atoms with Gasteiger partial charge in [0.2, 0.25) is 0 Å². The van der Waals surface area contributed by atoms with Gasteiger partial charge >= 0.3 is 0 Å². The minimum absolute atomic E-state index is 0.375. The van der Waals surface area contributed by atoms with Crippen molar-refractivity contribution in [2.45, 2.75) is 51.0 Å². The summed E-state index contributed by atoms with van der Waals surface area (Å²) in [5.74, 6) is 0.923. The monoisotopic (exact) mass is 330 g/mol. The summed E-state index contributed by atoms with van der Waals surface area (Å²) in [6.07, 6.45) is 4.36. The number of hydrogen-bond acceptors (Lipinski definition) is 3. The Labute approximate surface area is 145 Å². The first-order valence-corrected chi connectivity index (χ1v) is 9.17. The van der Waals surface area contributed by atoms with Crippen molar-refractivity contribution < 1.29 is 4.74 Å². The van der Waals surface area contributed by atoms with E-state index in [-0.39, 0.29) is 0 Å². The van der Waals surface area contributed by atoms with Gasteiger partial charge in [-0.05, 0) is 38.8 Å². The summed E-state index contributed by atoms with van der Waals surface area (Å²) in [6, 6.07) is 11.0. The maximum Gasteiger partial charge on any atom is 0.191 e. The molecule has 3 atom stereocenters. The summed E-state index contributed by atoms with van der Waals surface area (Å²) in [7, 11) is 2.15. The van der Waals surface area contributed by atoms with Gasteiger partial charge in [-0.15, -0.1) is 0 Å². The molecule has 3 unspecified atom stereocenters. The fourth-order valence-corrected chi connectivity index (χ4v) is 3.59. The number of ether oxygens (including phenoxy) is 1. The maximum atomic E-state index is 5.92. The molecule has 2 aliphatic rings. The molecule has 5 heteroatoms. The molecule has 2 aliphatic heterocycles. The predicted octanol–water partition coefficient (Wildman–Crippen LogP) is 1.99. The lowest BCUT2D eigenvalue weighted by Gasteiger charge is -2.23. The Hall–Kier alpha value is -1.59. The molecule has 0 saturated carbocycles. The van der Waals surface area contributed by atoms with Crippen molar-refractivity contribution in [1.82, 2.24) is 15.5 Å². The molecule has 24 heavy (non-hydrogen) atoms. The lowest BCUT2D eigenvalue weighted by Crippen LogP contribution is -2.47. The van der Waals surface area contributed by atoms with E-state index in [1.807, 2.05) is 0 Å². The van der Waals surface area contributed by atoms with E-state index in [2.05, 4.69) is 59.8 Å². The van der Waals surface area contributed by atoms with E-state index >= 15 is 0 Å². The number of aliphatic imine (C=N–C) groups is 1. The summed E-state index contributed by atoms with van der Waals surface area (Å²) in [5, 5.41) is 6.92. The van der Waals surface area contributed by atoms with Crippen LogP contribution in [0.25, 0.3) is 0 Å². The zero-order chi connectivity index (χ0) is 16.8. The summed E-state index contributed by atoms with van der Waals surface area (Å²) in [5.41, 5.74) is 1.34. The molecule has 0 aromatic heterocycles. The van der Waals surface area contributed by atoms with Crippen LogP contribution in [0.3, 0.4) is 0 Å². The molecule has 1 aromatic rings. The molecule has 5 nitrogen and oxygen atoms in total. The molecular formula is C19H30N4O. The van der Waals surface area contributed by atoms with Gasteiger partial charge in [0.1, 0.15) is 0 Å². The van der Waals surface area contributed by atoms with Crippen molar-refractivity contribution in [2.24, 2.45) is 4.99 Å². The largest absolute Gasteiger partial charge is 0.373 e. The quantitative estimate of drug-likeness (QED) is 0.593. The molecule has 2 fully saturated rings. The van der Waals surface area contributed by atoms with E-state index in [4.69, 9.17) is 9.73 Å². The fourth-order valence-electron chi connectivity index (χ4n) is 3.59. The van der Waals surface area contributed by atoms with E-state index in [0.717, 1.165) is 38.6 Å². The lowest BCUT2D eigenvalue weighted by molar-refractivity contribution is 0.0992. The Kier molecular flexibility index (Phi) is 6.10. The van der Waals surface area contributed by atoms with E-state index in [1.54, 1.807) is 0 Å². The van der Waals surface area contributed by atoms with Gasteiger partial charge in [0.15, 0.2) is 5.96 Å². The van der Waals surface area contributed by atoms with E-state index < -0.39 is 0 Å². The molecule has 0 aliphatic carbocycles. The third kappa shape index (κ3) is 4.71. The van der Waals surface area contributed by atoms with Gasteiger partial charge in [-0.25, -0.2) is 0 Å². The van der Waals surface area contributed by atoms with Crippen LogP contribution in [0, 0.1) is 0 Å². The molecular weight excluding hydrogens is 300 g/mol. The first-order valence-electron chi connectivity index (χ1n) is 9.17. The smallest absolute Gasteiger partial charge is 0.191 e. The van der Waals surface area contributed by atoms with Gasteiger partial charge in [0, 0.05) is 19.6 Å². The second kappa shape index (κ2) is 8.49. The van der Waals surface area contributed by atoms with Crippen LogP contribution >= 0.6 is 0 Å². The number of guanidine groups is 1. The molecule has 132 valence electrons. The molecule has 3 rings (SSSR count). The summed E-state index contributed by atoms with van der Waals surface area (Å²) >= 11 is 0. The molecule has 2 bridgehead atoms. The number of rotatable bonds is 7. The van der Waals surface area contributed by atoms with Crippen molar-refractivity contribution in [1.29, 1.82) is 0 Å². The molecule has 0 radical (unpaired) electrons. The maximum absolute atomic E-state index is 5.92. The van der Waals surface area contributed by atoms with Gasteiger partial charge in [-0.1, -0.05) is 30.3 Å². The summed E-state index contributed by atoms with van der Waals surface area (Å²) < 4.78 is 5.92. The van der Waals surface area contributed by atoms with Crippen molar-refractivity contribution >= 4 is 5.96 Å². The predicted molar refractivity (Wildman–Crippen MR) is 98.2 cm³/mol. The number of likely N-dealkylation sites (N-methyl/N-ethyl adjacent to an activating group) is 1. The highest BCUT2D eigenvalue weighted by Crippen LogP contribution is 2.34. The Morgan fingerprint density at radius 3 is 2.79 bits per heavy atom. The second-order valence-electron chi connectivity index (χ2n) is 6.84. The first kappa shape index (κ1) is 17.2. The van der Waals surface area contributed by atoms with Crippen molar-refractivity contribution in [3.8, 4) is 0 Å². The highest BCUT2D eigenvalue weighted by atomic mass is 16.5. The van der Waals surface area contributed by atoms with Crippen molar-refractivity contribution in [2.75, 3.05) is 26.7 Å². The van der Waals surface area contributed by atoms with Gasteiger partial charge in [0.05, 0.1) is 24.8 Å². The van der Waals surface area contributed by atoms with Crippen LogP contribution in [0.15, 0.2) is 35.3 Å². The Balaban J connectivity index is 1.45. The number of hydrogen-bond donors (Lipinski definition) is 2. The number of nitrogens with zero attached hydrogens (tertiary/aromatic N) is 2. The minimum atomic E-state index is 0.375. The fraction of sp³-hybridized carbons (Fsp3) is 0.632. The van der Waals surface area contributed by atoms with Crippen LogP contribution in [0.2, 0.25) is 0 Å². The summed E-state index contributed by atoms with van der Waals surface area (Å²) in [6.45, 7) is 5.68. The molecule has 0 spiro atoms. The zero-order valence-electron chi connectivity index (χ0n) is 14.9. The first-order chi connectivity index (χ1) is 11.7. The molecule has 1 aromatic carbocycles. The van der Waals surface area contributed by atoms with Gasteiger partial charge < -0.3 is 20.3 Å². The van der Waals surface area contributed by atoms with Crippen LogP contribution in [-0.2, 0) is 11.3 Å². The highest BCUT2D eigenvalue weighted by Gasteiger charge is 2.41. The molecule has 2 saturated heterocycles. The van der Waals surface area contributed by atoms with Crippen LogP contribution in [0.1, 0.15) is 31.7 Å². The molecule has 0 amide bonds. The Morgan fingerprint density at radius 2 is 2.12 bits per heavy atom. The topological polar surface area (TPSA) is 48.9 Å². The van der Waals surface area contributed by atoms with Gasteiger partial charge in [0.25, 0.3) is 0 Å². The number of nitrogens with one attached hydrogen (secondary N) is 2. The van der Waals surface area contributed by atoms with Gasteiger partial charge in [-0.2, -0.15) is 0 Å². The average Bonchev–Trinajstić information content (AvgIpc) is 3.19. The number of fused-ring (bicyclic) bond motifs is 2.